The Morgan fingerprint density at radius 1 is 1.17 bits per heavy atom. The number of aromatic nitrogens is 3. The molecule has 0 aliphatic heterocycles. The van der Waals surface area contributed by atoms with Crippen LogP contribution in [0, 0.1) is 5.41 Å². The van der Waals surface area contributed by atoms with Gasteiger partial charge in [-0.2, -0.15) is 0 Å². The molecule has 0 spiro atoms. The van der Waals surface area contributed by atoms with E-state index in [9.17, 15) is 0 Å². The summed E-state index contributed by atoms with van der Waals surface area (Å²) in [6.07, 6.45) is 6.29. The van der Waals surface area contributed by atoms with Crippen molar-refractivity contribution < 1.29 is 0 Å². The van der Waals surface area contributed by atoms with Crippen LogP contribution in [0.25, 0.3) is 16.5 Å². The first-order chi connectivity index (χ1) is 11.3. The topological polar surface area (TPSA) is 101 Å². The highest BCUT2D eigenvalue weighted by molar-refractivity contribution is 6.09. The lowest BCUT2D eigenvalue weighted by Gasteiger charge is -2.06. The number of anilines is 1. The molecule has 23 heavy (non-hydrogen) atoms. The molecule has 1 aromatic carbocycles. The quantitative estimate of drug-likeness (QED) is 0.628. The van der Waals surface area contributed by atoms with Gasteiger partial charge in [0.05, 0.1) is 17.8 Å². The van der Waals surface area contributed by atoms with Crippen molar-refractivity contribution in [3.63, 3.8) is 0 Å². The van der Waals surface area contributed by atoms with Gasteiger partial charge in [0, 0.05) is 29.6 Å². The van der Waals surface area contributed by atoms with E-state index in [1.807, 2.05) is 36.4 Å². The van der Waals surface area contributed by atoms with Crippen molar-refractivity contribution in [3.8, 4) is 0 Å². The Kier molecular flexibility index (Phi) is 4.24. The smallest absolute Gasteiger partial charge is 0.134 e. The number of hydrogen-bond donors (Lipinski definition) is 3. The first-order valence-electron chi connectivity index (χ1n) is 7.12. The van der Waals surface area contributed by atoms with Crippen LogP contribution < -0.4 is 11.1 Å². The van der Waals surface area contributed by atoms with Gasteiger partial charge in [-0.3, -0.25) is 4.98 Å². The highest BCUT2D eigenvalue weighted by Gasteiger charge is 2.04. The summed E-state index contributed by atoms with van der Waals surface area (Å²) in [4.78, 5) is 12.4. The largest absolute Gasteiger partial charge is 0.385 e. The van der Waals surface area contributed by atoms with Crippen molar-refractivity contribution >= 4 is 28.5 Å². The first kappa shape index (κ1) is 14.6. The summed E-state index contributed by atoms with van der Waals surface area (Å²) in [6.45, 7) is 0.594. The van der Waals surface area contributed by atoms with E-state index in [4.69, 9.17) is 11.1 Å². The van der Waals surface area contributed by atoms with Gasteiger partial charge >= 0.3 is 0 Å². The van der Waals surface area contributed by atoms with Gasteiger partial charge in [0.2, 0.25) is 0 Å². The van der Waals surface area contributed by atoms with E-state index >= 15 is 0 Å². The molecule has 0 saturated carbocycles. The third-order valence-corrected chi connectivity index (χ3v) is 3.42. The maximum Gasteiger partial charge on any atom is 0.134 e. The predicted octanol–water partition coefficient (Wildman–Crippen LogP) is 2.39. The fourth-order valence-corrected chi connectivity index (χ4v) is 2.23. The minimum atomic E-state index is 0.433. The van der Waals surface area contributed by atoms with Crippen molar-refractivity contribution in [3.05, 3.63) is 66.4 Å². The van der Waals surface area contributed by atoms with Gasteiger partial charge < -0.3 is 16.5 Å². The minimum absolute atomic E-state index is 0.433. The Balaban J connectivity index is 1.84. The van der Waals surface area contributed by atoms with E-state index in [0.29, 0.717) is 12.4 Å². The molecule has 0 unspecified atom stereocenters. The van der Waals surface area contributed by atoms with Gasteiger partial charge in [-0.05, 0) is 29.8 Å². The molecule has 0 fully saturated rings. The van der Waals surface area contributed by atoms with E-state index in [-0.39, 0.29) is 0 Å². The molecule has 3 aromatic rings. The van der Waals surface area contributed by atoms with Gasteiger partial charge in [0.25, 0.3) is 0 Å². The number of allylic oxidation sites excluding steroid dienone is 1. The number of nitrogens with two attached hydrogens (primary N) is 1. The molecule has 6 nitrogen and oxygen atoms in total. The van der Waals surface area contributed by atoms with Gasteiger partial charge in [0.1, 0.15) is 12.1 Å². The second kappa shape index (κ2) is 6.65. The summed E-state index contributed by atoms with van der Waals surface area (Å²) < 4.78 is 0. The summed E-state index contributed by atoms with van der Waals surface area (Å²) >= 11 is 0. The molecule has 2 heterocycles. The van der Waals surface area contributed by atoms with Crippen molar-refractivity contribution in [2.75, 3.05) is 5.73 Å². The Labute approximate surface area is 133 Å². The number of benzene rings is 1. The predicted molar refractivity (Wildman–Crippen MR) is 91.8 cm³/mol. The third-order valence-electron chi connectivity index (χ3n) is 3.42. The molecule has 0 radical (unpaired) electrons. The Bertz CT molecular complexity index is 857. The Morgan fingerprint density at radius 3 is 2.87 bits per heavy atom. The Hall–Kier alpha value is -3.28. The van der Waals surface area contributed by atoms with Crippen molar-refractivity contribution in [1.82, 2.24) is 20.3 Å². The fraction of sp³-hybridized carbons (Fsp3) is 0.0588. The molecule has 0 saturated heterocycles. The van der Waals surface area contributed by atoms with Gasteiger partial charge in [0.15, 0.2) is 0 Å². The first-order valence-corrected chi connectivity index (χ1v) is 7.12. The highest BCUT2D eigenvalue weighted by Crippen LogP contribution is 2.21. The second-order valence-corrected chi connectivity index (χ2v) is 4.94. The van der Waals surface area contributed by atoms with Crippen LogP contribution >= 0.6 is 0 Å². The average molecular weight is 304 g/mol. The zero-order valence-electron chi connectivity index (χ0n) is 12.4. The average Bonchev–Trinajstić information content (AvgIpc) is 2.60. The molecule has 0 aliphatic rings. The van der Waals surface area contributed by atoms with E-state index in [1.165, 1.54) is 12.5 Å². The molecular weight excluding hydrogens is 288 g/mol. The Morgan fingerprint density at radius 2 is 2.09 bits per heavy atom. The van der Waals surface area contributed by atoms with Gasteiger partial charge in [-0.25, -0.2) is 9.97 Å². The molecular formula is C17H16N6. The maximum atomic E-state index is 7.63. The van der Waals surface area contributed by atoms with Crippen LogP contribution in [-0.4, -0.2) is 21.2 Å². The molecule has 6 heteroatoms. The molecule has 4 N–H and O–H groups in total. The zero-order valence-corrected chi connectivity index (χ0v) is 12.4. The van der Waals surface area contributed by atoms with Crippen LogP contribution in [0.2, 0.25) is 0 Å². The van der Waals surface area contributed by atoms with E-state index in [2.05, 4.69) is 20.3 Å². The molecule has 3 rings (SSSR count). The summed E-state index contributed by atoms with van der Waals surface area (Å²) in [6, 6.07) is 11.4. The molecule has 0 atom stereocenters. The molecule has 0 bridgehead atoms. The van der Waals surface area contributed by atoms with Crippen LogP contribution in [0.4, 0.5) is 5.82 Å². The third kappa shape index (κ3) is 3.32. The van der Waals surface area contributed by atoms with Crippen LogP contribution in [0.15, 0.2) is 55.1 Å². The summed E-state index contributed by atoms with van der Waals surface area (Å²) in [5, 5.41) is 11.6. The number of hydrogen-bond acceptors (Lipinski definition) is 6. The van der Waals surface area contributed by atoms with Crippen LogP contribution in [0.3, 0.4) is 0 Å². The van der Waals surface area contributed by atoms with Gasteiger partial charge in [-0.15, -0.1) is 0 Å². The van der Waals surface area contributed by atoms with E-state index in [1.54, 1.807) is 12.4 Å². The maximum absolute atomic E-state index is 7.63. The summed E-state index contributed by atoms with van der Waals surface area (Å²) in [5.74, 6) is 0.433. The second-order valence-electron chi connectivity index (χ2n) is 4.94. The fourth-order valence-electron chi connectivity index (χ4n) is 2.23. The summed E-state index contributed by atoms with van der Waals surface area (Å²) in [7, 11) is 0. The van der Waals surface area contributed by atoms with E-state index in [0.717, 1.165) is 27.7 Å². The normalized spacial score (nSPS) is 11.4. The van der Waals surface area contributed by atoms with E-state index < -0.39 is 0 Å². The molecule has 0 amide bonds. The monoisotopic (exact) mass is 304 g/mol. The minimum Gasteiger partial charge on any atom is -0.385 e. The number of nitrogens with zero attached hydrogens (tertiary/aromatic N) is 3. The standard InChI is InChI=1S/C17H16N6/c18-8-13(9-20-10-14-3-1-2-6-21-14)12-4-5-16-15(7-12)17(19)23-11-22-16/h1-9,11,18,20H,10H2,(H2,19,22,23)/b13-9+,18-8?. The number of pyridine rings is 1. The van der Waals surface area contributed by atoms with Crippen LogP contribution in [0.1, 0.15) is 11.3 Å². The van der Waals surface area contributed by atoms with Crippen molar-refractivity contribution in [2.24, 2.45) is 0 Å². The molecule has 114 valence electrons. The lowest BCUT2D eigenvalue weighted by molar-refractivity contribution is 0.838. The van der Waals surface area contributed by atoms with Crippen molar-refractivity contribution in [1.29, 1.82) is 5.41 Å². The van der Waals surface area contributed by atoms with Crippen molar-refractivity contribution in [2.45, 2.75) is 6.54 Å². The molecule has 0 aliphatic carbocycles. The number of nitrogen functional groups attached to an aromatic ring is 1. The van der Waals surface area contributed by atoms with Gasteiger partial charge in [-0.1, -0.05) is 12.1 Å². The highest BCUT2D eigenvalue weighted by atomic mass is 14.9. The lowest BCUT2D eigenvalue weighted by atomic mass is 10.1. The van der Waals surface area contributed by atoms with Crippen LogP contribution in [-0.2, 0) is 6.54 Å². The number of nitrogens with one attached hydrogen (secondary N) is 2. The number of rotatable bonds is 5. The lowest BCUT2D eigenvalue weighted by Crippen LogP contribution is -2.07. The van der Waals surface area contributed by atoms with Crippen LogP contribution in [0.5, 0.6) is 0 Å². The number of fused-ring (bicyclic) bond motifs is 1. The zero-order chi connectivity index (χ0) is 16.1. The molecule has 2 aromatic heterocycles. The SMILES string of the molecule is N=C/C(=C\NCc1ccccn1)c1ccc2ncnc(N)c2c1. The summed E-state index contributed by atoms with van der Waals surface area (Å²) in [5.41, 5.74) is 9.23.